The van der Waals surface area contributed by atoms with Crippen molar-refractivity contribution in [2.75, 3.05) is 7.11 Å². The molecule has 0 atom stereocenters. The minimum Gasteiger partial charge on any atom is -0.437 e. The van der Waals surface area contributed by atoms with Crippen molar-refractivity contribution in [3.05, 3.63) is 59.3 Å². The van der Waals surface area contributed by atoms with Crippen LogP contribution < -0.4 is 4.74 Å². The molecule has 0 unspecified atom stereocenters. The molecule has 0 aliphatic rings. The topological polar surface area (TPSA) is 35.5 Å². The van der Waals surface area contributed by atoms with Gasteiger partial charge in [-0.1, -0.05) is 83.6 Å². The first-order valence-corrected chi connectivity index (χ1v) is 10.1. The van der Waals surface area contributed by atoms with Crippen molar-refractivity contribution in [1.29, 1.82) is 0 Å². The van der Waals surface area contributed by atoms with Gasteiger partial charge >= 0.3 is 6.16 Å². The van der Waals surface area contributed by atoms with E-state index in [1.54, 1.807) is 12.1 Å². The lowest BCUT2D eigenvalue weighted by Crippen LogP contribution is -2.22. The van der Waals surface area contributed by atoms with Crippen molar-refractivity contribution < 1.29 is 14.3 Å². The lowest BCUT2D eigenvalue weighted by Gasteiger charge is -2.30. The quantitative estimate of drug-likeness (QED) is 0.282. The van der Waals surface area contributed by atoms with E-state index in [-0.39, 0.29) is 5.41 Å². The minimum absolute atomic E-state index is 0.333. The fraction of sp³-hybridized carbons (Fsp3) is 0.235. The summed E-state index contributed by atoms with van der Waals surface area (Å²) in [5, 5.41) is 0. The van der Waals surface area contributed by atoms with Gasteiger partial charge in [-0.15, -0.1) is 0 Å². The number of methoxy groups -OCH3 is 1. The summed E-state index contributed by atoms with van der Waals surface area (Å²) in [4.78, 5) is 11.3. The summed E-state index contributed by atoms with van der Waals surface area (Å²) in [5.41, 5.74) is 1.82. The van der Waals surface area contributed by atoms with Crippen LogP contribution in [0.15, 0.2) is 48.2 Å². The first kappa shape index (κ1) is 19.9. The van der Waals surface area contributed by atoms with Crippen LogP contribution in [0, 0.1) is 0 Å². The average Bonchev–Trinajstić information content (AvgIpc) is 2.45. The van der Waals surface area contributed by atoms with Crippen molar-refractivity contribution >= 4 is 69.9 Å². The molecule has 3 nitrogen and oxygen atoms in total. The first-order valence-electron chi connectivity index (χ1n) is 6.88. The van der Waals surface area contributed by atoms with Crippen molar-refractivity contribution in [2.45, 2.75) is 19.3 Å². The van der Waals surface area contributed by atoms with Crippen LogP contribution in [-0.4, -0.2) is 13.3 Å². The second kappa shape index (κ2) is 7.89. The second-order valence-electron chi connectivity index (χ2n) is 5.54. The van der Waals surface area contributed by atoms with Gasteiger partial charge in [-0.25, -0.2) is 4.79 Å². The first-order chi connectivity index (χ1) is 11.2. The number of rotatable bonds is 3. The van der Waals surface area contributed by atoms with Crippen LogP contribution in [0.2, 0.25) is 0 Å². The Kier molecular flexibility index (Phi) is 6.56. The number of halogens is 4. The zero-order valence-corrected chi connectivity index (χ0v) is 19.5. The van der Waals surface area contributed by atoms with E-state index in [1.807, 2.05) is 18.2 Å². The van der Waals surface area contributed by atoms with Crippen molar-refractivity contribution in [3.8, 4) is 5.75 Å². The smallest absolute Gasteiger partial charge is 0.437 e. The molecule has 0 N–H and O–H groups in total. The number of hydrogen-bond acceptors (Lipinski definition) is 3. The molecule has 0 aliphatic heterocycles. The number of carbonyl (C=O) groups excluding carboxylic acids is 1. The Balaban J connectivity index is 2.57. The fourth-order valence-electron chi connectivity index (χ4n) is 2.56. The van der Waals surface area contributed by atoms with Crippen LogP contribution in [-0.2, 0) is 10.2 Å². The zero-order chi connectivity index (χ0) is 18.1. The highest BCUT2D eigenvalue weighted by Gasteiger charge is 2.32. The van der Waals surface area contributed by atoms with Crippen LogP contribution >= 0.6 is 63.7 Å². The summed E-state index contributed by atoms with van der Waals surface area (Å²) in [6.07, 6.45) is -0.755. The number of hydrogen-bond donors (Lipinski definition) is 0. The summed E-state index contributed by atoms with van der Waals surface area (Å²) >= 11 is 14.5. The molecule has 0 radical (unpaired) electrons. The van der Waals surface area contributed by atoms with E-state index in [1.165, 1.54) is 7.11 Å². The highest BCUT2D eigenvalue weighted by molar-refractivity contribution is 9.11. The monoisotopic (exact) mass is 582 g/mol. The molecule has 128 valence electrons. The van der Waals surface area contributed by atoms with Gasteiger partial charge in [-0.3, -0.25) is 0 Å². The maximum absolute atomic E-state index is 11.3. The van der Waals surface area contributed by atoms with Gasteiger partial charge in [-0.05, 0) is 35.4 Å². The molecule has 0 aromatic heterocycles. The Hall–Kier alpha value is -0.370. The molecule has 2 aromatic rings. The van der Waals surface area contributed by atoms with Crippen molar-refractivity contribution in [3.63, 3.8) is 0 Å². The maximum Gasteiger partial charge on any atom is 0.513 e. The van der Waals surface area contributed by atoms with Crippen LogP contribution in [0.25, 0.3) is 0 Å². The van der Waals surface area contributed by atoms with E-state index in [0.29, 0.717) is 5.75 Å². The van der Waals surface area contributed by atoms with E-state index >= 15 is 0 Å². The molecule has 2 aromatic carbocycles. The third-order valence-electron chi connectivity index (χ3n) is 3.60. The molecule has 0 amide bonds. The molecular weight excluding hydrogens is 572 g/mol. The normalized spacial score (nSPS) is 11.3. The molecule has 0 saturated heterocycles. The molecule has 0 spiro atoms. The summed E-state index contributed by atoms with van der Waals surface area (Å²) in [6, 6.07) is 9.51. The molecule has 7 heteroatoms. The molecule has 0 aliphatic carbocycles. The van der Waals surface area contributed by atoms with Gasteiger partial charge < -0.3 is 9.47 Å². The van der Waals surface area contributed by atoms with E-state index in [0.717, 1.165) is 29.0 Å². The van der Waals surface area contributed by atoms with E-state index < -0.39 is 6.16 Å². The lowest BCUT2D eigenvalue weighted by atomic mass is 9.78. The zero-order valence-electron chi connectivity index (χ0n) is 13.1. The molecule has 24 heavy (non-hydrogen) atoms. The van der Waals surface area contributed by atoms with Gasteiger partial charge in [0.1, 0.15) is 5.75 Å². The van der Waals surface area contributed by atoms with Crippen LogP contribution in [0.4, 0.5) is 4.79 Å². The second-order valence-corrected chi connectivity index (χ2v) is 8.96. The molecule has 0 saturated carbocycles. The maximum atomic E-state index is 11.3. The fourth-order valence-corrected chi connectivity index (χ4v) is 6.69. The minimum atomic E-state index is -0.755. The third kappa shape index (κ3) is 4.06. The molecule has 2 rings (SSSR count). The van der Waals surface area contributed by atoms with Gasteiger partial charge in [0.05, 0.1) is 7.11 Å². The van der Waals surface area contributed by atoms with Crippen LogP contribution in [0.3, 0.4) is 0 Å². The highest BCUT2D eigenvalue weighted by Crippen LogP contribution is 2.46. The summed E-state index contributed by atoms with van der Waals surface area (Å²) < 4.78 is 13.3. The Labute approximate surface area is 174 Å². The molecule has 0 fully saturated rings. The number of ether oxygens (including phenoxy) is 2. The van der Waals surface area contributed by atoms with Gasteiger partial charge in [-0.2, -0.15) is 0 Å². The van der Waals surface area contributed by atoms with Crippen LogP contribution in [0.1, 0.15) is 25.0 Å². The van der Waals surface area contributed by atoms with Gasteiger partial charge in [0, 0.05) is 23.3 Å². The Morgan fingerprint density at radius 1 is 0.917 bits per heavy atom. The summed E-state index contributed by atoms with van der Waals surface area (Å²) in [6.45, 7) is 4.26. The van der Waals surface area contributed by atoms with Crippen LogP contribution in [0.5, 0.6) is 5.75 Å². The Bertz CT molecular complexity index is 744. The predicted molar refractivity (Wildman–Crippen MR) is 109 cm³/mol. The van der Waals surface area contributed by atoms with Gasteiger partial charge in [0.2, 0.25) is 0 Å². The molecular formula is C17H14Br4O3. The number of benzene rings is 2. The number of carbonyl (C=O) groups is 1. The average molecular weight is 586 g/mol. The molecule has 0 bridgehead atoms. The van der Waals surface area contributed by atoms with Gasteiger partial charge in [0.25, 0.3) is 0 Å². The van der Waals surface area contributed by atoms with E-state index in [9.17, 15) is 4.79 Å². The van der Waals surface area contributed by atoms with Crippen molar-refractivity contribution in [1.82, 2.24) is 0 Å². The third-order valence-corrected chi connectivity index (χ3v) is 6.17. The highest BCUT2D eigenvalue weighted by atomic mass is 79.9. The molecule has 0 heterocycles. The largest absolute Gasteiger partial charge is 0.513 e. The van der Waals surface area contributed by atoms with E-state index in [2.05, 4.69) is 82.3 Å². The summed E-state index contributed by atoms with van der Waals surface area (Å²) in [5.74, 6) is 0.395. The standard InChI is InChI=1S/C17H14Br4O3/c1-17(2,14-10(18)5-4-6-11(14)19)15-12(20)7-9(8-13(15)21)24-16(22)23-3/h4-8H,1-3H3. The van der Waals surface area contributed by atoms with Gasteiger partial charge in [0.15, 0.2) is 0 Å². The lowest BCUT2D eigenvalue weighted by molar-refractivity contribution is 0.121. The Morgan fingerprint density at radius 3 is 1.83 bits per heavy atom. The van der Waals surface area contributed by atoms with Crippen molar-refractivity contribution in [2.24, 2.45) is 0 Å². The van der Waals surface area contributed by atoms with E-state index in [4.69, 9.17) is 4.74 Å². The SMILES string of the molecule is COC(=O)Oc1cc(Br)c(C(C)(C)c2c(Br)cccc2Br)c(Br)c1. The Morgan fingerprint density at radius 2 is 1.38 bits per heavy atom. The summed E-state index contributed by atoms with van der Waals surface area (Å²) in [7, 11) is 1.27. The predicted octanol–water partition coefficient (Wildman–Crippen LogP) is 7.21.